The summed E-state index contributed by atoms with van der Waals surface area (Å²) in [7, 11) is 0. The largest absolute Gasteiger partial charge is 0.465 e. The molecule has 0 atom stereocenters. The van der Waals surface area contributed by atoms with Crippen molar-refractivity contribution in [3.05, 3.63) is 35.8 Å². The molecule has 3 saturated carbocycles. The zero-order chi connectivity index (χ0) is 17.2. The first-order valence-corrected chi connectivity index (χ1v) is 7.23. The maximum Gasteiger partial charge on any atom is 0.433 e. The summed E-state index contributed by atoms with van der Waals surface area (Å²) >= 11 is 0. The van der Waals surface area contributed by atoms with E-state index in [2.05, 4.69) is 15.5 Å². The Morgan fingerprint density at radius 3 is 2.54 bits per heavy atom. The molecule has 3 aliphatic carbocycles. The van der Waals surface area contributed by atoms with Gasteiger partial charge in [0.1, 0.15) is 5.69 Å². The monoisotopic (exact) mass is 339 g/mol. The smallest absolute Gasteiger partial charge is 0.433 e. The fourth-order valence-corrected chi connectivity index (χ4v) is 3.79. The van der Waals surface area contributed by atoms with Gasteiger partial charge in [-0.2, -0.15) is 13.2 Å². The van der Waals surface area contributed by atoms with Crippen LogP contribution < -0.4 is 5.32 Å². The van der Waals surface area contributed by atoms with Crippen LogP contribution in [0.1, 0.15) is 30.7 Å². The van der Waals surface area contributed by atoms with Crippen LogP contribution in [0.5, 0.6) is 0 Å². The van der Waals surface area contributed by atoms with Crippen molar-refractivity contribution in [2.45, 2.75) is 36.4 Å². The zero-order valence-corrected chi connectivity index (χ0v) is 12.2. The van der Waals surface area contributed by atoms with E-state index in [1.807, 2.05) is 0 Å². The van der Waals surface area contributed by atoms with E-state index in [9.17, 15) is 18.0 Å². The van der Waals surface area contributed by atoms with E-state index >= 15 is 0 Å². The Hall–Kier alpha value is -2.58. The molecular weight excluding hydrogens is 327 g/mol. The molecule has 1 amide bonds. The Bertz CT molecular complexity index is 794. The Balaban J connectivity index is 1.50. The van der Waals surface area contributed by atoms with Gasteiger partial charge in [0.15, 0.2) is 5.76 Å². The van der Waals surface area contributed by atoms with Crippen molar-refractivity contribution in [2.75, 3.05) is 0 Å². The molecule has 0 spiro atoms. The Labute approximate surface area is 133 Å². The number of aromatic nitrogens is 2. The number of alkyl halides is 3. The molecular formula is C15H12F3N3O3. The van der Waals surface area contributed by atoms with Gasteiger partial charge in [-0.05, 0) is 31.4 Å². The van der Waals surface area contributed by atoms with Crippen LogP contribution in [0.3, 0.4) is 0 Å². The number of carbonyl (C=O) groups is 1. The summed E-state index contributed by atoms with van der Waals surface area (Å²) in [5, 5.41) is 15.3. The minimum Gasteiger partial charge on any atom is -0.465 e. The molecule has 2 aromatic heterocycles. The quantitative estimate of drug-likeness (QED) is 0.896. The van der Waals surface area contributed by atoms with Crippen molar-refractivity contribution in [3.8, 4) is 11.3 Å². The number of pyridine rings is 1. The highest BCUT2D eigenvalue weighted by Crippen LogP contribution is 2.67. The van der Waals surface area contributed by atoms with Crippen molar-refractivity contribution in [3.63, 3.8) is 0 Å². The third-order valence-corrected chi connectivity index (χ3v) is 4.79. The average molecular weight is 339 g/mol. The van der Waals surface area contributed by atoms with Crippen LogP contribution in [0, 0.1) is 0 Å². The number of nitrogens with zero attached hydrogens (tertiary/aromatic N) is 2. The topological polar surface area (TPSA) is 88.2 Å². The second-order valence-corrected chi connectivity index (χ2v) is 6.53. The van der Waals surface area contributed by atoms with E-state index < -0.39 is 18.0 Å². The molecule has 2 heterocycles. The van der Waals surface area contributed by atoms with Gasteiger partial charge in [-0.3, -0.25) is 4.98 Å². The number of amides is 1. The molecule has 6 nitrogen and oxygen atoms in total. The van der Waals surface area contributed by atoms with Crippen molar-refractivity contribution in [1.82, 2.24) is 15.5 Å². The predicted molar refractivity (Wildman–Crippen MR) is 74.2 cm³/mol. The van der Waals surface area contributed by atoms with Gasteiger partial charge >= 0.3 is 12.3 Å². The Morgan fingerprint density at radius 1 is 1.29 bits per heavy atom. The molecule has 24 heavy (non-hydrogen) atoms. The summed E-state index contributed by atoms with van der Waals surface area (Å²) in [5.41, 5.74) is -0.407. The van der Waals surface area contributed by atoms with Crippen molar-refractivity contribution in [1.29, 1.82) is 0 Å². The highest BCUT2D eigenvalue weighted by molar-refractivity contribution is 5.67. The number of halogens is 3. The van der Waals surface area contributed by atoms with Gasteiger partial charge in [-0.1, -0.05) is 5.16 Å². The molecule has 0 radical (unpaired) electrons. The second-order valence-electron chi connectivity index (χ2n) is 6.53. The molecule has 3 fully saturated rings. The Kier molecular flexibility index (Phi) is 2.80. The Morgan fingerprint density at radius 2 is 2.00 bits per heavy atom. The molecule has 5 rings (SSSR count). The van der Waals surface area contributed by atoms with Gasteiger partial charge in [0.25, 0.3) is 0 Å². The predicted octanol–water partition coefficient (Wildman–Crippen LogP) is 3.20. The van der Waals surface area contributed by atoms with Crippen LogP contribution in [0.25, 0.3) is 11.3 Å². The molecule has 9 heteroatoms. The highest BCUT2D eigenvalue weighted by atomic mass is 19.4. The minimum atomic E-state index is -4.48. The zero-order valence-electron chi connectivity index (χ0n) is 12.2. The molecule has 0 aromatic carbocycles. The van der Waals surface area contributed by atoms with E-state index in [1.54, 1.807) is 6.07 Å². The summed E-state index contributed by atoms with van der Waals surface area (Å²) < 4.78 is 42.8. The fraction of sp³-hybridized carbons (Fsp3) is 0.400. The molecule has 3 aliphatic rings. The summed E-state index contributed by atoms with van der Waals surface area (Å²) in [6, 6.07) is 3.87. The third kappa shape index (κ3) is 2.15. The lowest BCUT2D eigenvalue weighted by atomic mass is 9.38. The van der Waals surface area contributed by atoms with Crippen LogP contribution in [0.15, 0.2) is 28.9 Å². The van der Waals surface area contributed by atoms with Crippen molar-refractivity contribution in [2.24, 2.45) is 0 Å². The van der Waals surface area contributed by atoms with Gasteiger partial charge in [0.05, 0.1) is 5.69 Å². The first kappa shape index (κ1) is 15.0. The molecule has 0 unspecified atom stereocenters. The van der Waals surface area contributed by atoms with Crippen LogP contribution in [0.2, 0.25) is 0 Å². The molecule has 2 N–H and O–H groups in total. The number of hydrogen-bond donors (Lipinski definition) is 2. The lowest BCUT2D eigenvalue weighted by Crippen LogP contribution is -2.76. The van der Waals surface area contributed by atoms with Gasteiger partial charge in [0, 0.05) is 28.8 Å². The average Bonchev–Trinajstić information content (AvgIpc) is 2.89. The van der Waals surface area contributed by atoms with Crippen LogP contribution >= 0.6 is 0 Å². The van der Waals surface area contributed by atoms with Crippen molar-refractivity contribution < 1.29 is 27.6 Å². The number of hydrogen-bond acceptors (Lipinski definition) is 4. The minimum absolute atomic E-state index is 0.191. The van der Waals surface area contributed by atoms with Crippen molar-refractivity contribution >= 4 is 6.09 Å². The van der Waals surface area contributed by atoms with Gasteiger partial charge in [0.2, 0.25) is 0 Å². The molecule has 2 bridgehead atoms. The van der Waals surface area contributed by atoms with E-state index in [1.165, 1.54) is 6.07 Å². The van der Waals surface area contributed by atoms with Crippen LogP contribution in [-0.2, 0) is 11.6 Å². The normalized spacial score (nSPS) is 28.0. The third-order valence-electron chi connectivity index (χ3n) is 4.79. The SMILES string of the molecule is O=C(O)NC12CC(c3cc(-c4ccc(C(F)(F)F)nc4)on3)(C1)C2. The van der Waals surface area contributed by atoms with Crippen LogP contribution in [-0.4, -0.2) is 26.9 Å². The number of rotatable bonds is 3. The van der Waals surface area contributed by atoms with Gasteiger partial charge in [-0.25, -0.2) is 4.79 Å². The summed E-state index contributed by atoms with van der Waals surface area (Å²) in [4.78, 5) is 14.1. The lowest BCUT2D eigenvalue weighted by Gasteiger charge is -2.69. The lowest BCUT2D eigenvalue weighted by molar-refractivity contribution is -0.141. The second kappa shape index (κ2) is 4.49. The van der Waals surface area contributed by atoms with E-state index in [4.69, 9.17) is 9.63 Å². The summed E-state index contributed by atoms with van der Waals surface area (Å²) in [5.74, 6) is 0.344. The van der Waals surface area contributed by atoms with Gasteiger partial charge < -0.3 is 14.9 Å². The van der Waals surface area contributed by atoms with E-state index in [-0.39, 0.29) is 11.0 Å². The first-order chi connectivity index (χ1) is 11.2. The maximum absolute atomic E-state index is 12.5. The highest BCUT2D eigenvalue weighted by Gasteiger charge is 2.70. The standard InChI is InChI=1S/C15H12F3N3O3/c16-15(17,18)10-2-1-8(4-19-10)9-3-11(21-24-9)13-5-14(6-13,7-13)20-12(22)23/h1-4,20H,5-7H2,(H,22,23). The van der Waals surface area contributed by atoms with Gasteiger partial charge in [-0.15, -0.1) is 0 Å². The van der Waals surface area contributed by atoms with Crippen LogP contribution in [0.4, 0.5) is 18.0 Å². The first-order valence-electron chi connectivity index (χ1n) is 7.23. The molecule has 126 valence electrons. The maximum atomic E-state index is 12.5. The summed E-state index contributed by atoms with van der Waals surface area (Å²) in [6.45, 7) is 0. The molecule has 2 aromatic rings. The van der Waals surface area contributed by atoms with E-state index in [0.29, 0.717) is 36.3 Å². The number of carboxylic acid groups (broad SMARTS) is 1. The fourth-order valence-electron chi connectivity index (χ4n) is 3.79. The molecule has 0 aliphatic heterocycles. The molecule has 0 saturated heterocycles. The van der Waals surface area contributed by atoms with E-state index in [0.717, 1.165) is 12.3 Å². The summed E-state index contributed by atoms with van der Waals surface area (Å²) in [6.07, 6.45) is -2.46. The number of nitrogens with one attached hydrogen (secondary N) is 1.